The molecule has 0 spiro atoms. The van der Waals surface area contributed by atoms with Gasteiger partial charge in [-0.25, -0.2) is 0 Å². The van der Waals surface area contributed by atoms with E-state index in [4.69, 9.17) is 17.0 Å². The molecule has 0 aliphatic carbocycles. The Kier molecular flexibility index (Phi) is 17.8. The molecule has 0 saturated heterocycles. The van der Waals surface area contributed by atoms with Gasteiger partial charge in [0.05, 0.1) is 0 Å². The molecule has 0 aliphatic heterocycles. The van der Waals surface area contributed by atoms with Crippen molar-refractivity contribution in [3.05, 3.63) is 131 Å². The predicted octanol–water partition coefficient (Wildman–Crippen LogP) is 15.5. The molecule has 6 rings (SSSR count). The molecule has 6 aromatic rings. The van der Waals surface area contributed by atoms with E-state index < -0.39 is 20.8 Å². The average Bonchev–Trinajstić information content (AvgIpc) is 3.75. The van der Waals surface area contributed by atoms with E-state index in [1.54, 1.807) is 0 Å². The second kappa shape index (κ2) is 21.2. The van der Waals surface area contributed by atoms with Gasteiger partial charge in [-0.2, -0.15) is 12.1 Å². The number of benzene rings is 4. The summed E-state index contributed by atoms with van der Waals surface area (Å²) in [7, 11) is 11.0. The zero-order valence-electron chi connectivity index (χ0n) is 31.0. The van der Waals surface area contributed by atoms with E-state index in [0.717, 1.165) is 9.52 Å². The minimum atomic E-state index is -0.826. The molecule has 0 heterocycles. The SMILES string of the molecule is CCC(C)c1ccc(-c2cccc3[cH-]c(C(C)CC)cc23)cc1.CCC(C)c1ccc(-c2cccc3[cH-]c(C)cc23)cc1.C[Si]C.[Cl][Zr+2][Cl]. The standard InChI is InChI=1S/C23H27.C20H21.C2H6Si.2ClH.Zr/c1-5-16(3)18-10-12-19(13-11-18)22-9-7-8-20-14-21(15-23(20)22)17(4)6-2;1-4-15(3)16-8-10-17(11-9-16)19-7-5-6-18-12-14(2)13-20(18)19;1-3-2;;;/h7-17H,5-6H2,1-4H3;5-13,15H,4H2,1-3H3;1-2H3;2*1H;/q2*-1;;;;+4/p-2. The van der Waals surface area contributed by atoms with Crippen LogP contribution in [0.4, 0.5) is 0 Å². The third kappa shape index (κ3) is 11.4. The van der Waals surface area contributed by atoms with Crippen LogP contribution in [0.15, 0.2) is 109 Å². The van der Waals surface area contributed by atoms with Crippen molar-refractivity contribution < 1.29 is 20.8 Å². The van der Waals surface area contributed by atoms with Gasteiger partial charge in [0.2, 0.25) is 0 Å². The zero-order chi connectivity index (χ0) is 35.9. The van der Waals surface area contributed by atoms with Gasteiger partial charge in [-0.3, -0.25) is 0 Å². The van der Waals surface area contributed by atoms with Crippen LogP contribution >= 0.6 is 17.0 Å². The molecular formula is C45H54Cl2SiZr. The predicted molar refractivity (Wildman–Crippen MR) is 220 cm³/mol. The fourth-order valence-corrected chi connectivity index (χ4v) is 6.12. The van der Waals surface area contributed by atoms with Crippen LogP contribution in [-0.2, 0) is 20.8 Å². The minimum absolute atomic E-state index is 0.628. The maximum atomic E-state index is 4.93. The molecule has 3 atom stereocenters. The van der Waals surface area contributed by atoms with E-state index in [2.05, 4.69) is 171 Å². The van der Waals surface area contributed by atoms with Crippen LogP contribution in [0.2, 0.25) is 13.1 Å². The molecule has 0 aromatic heterocycles. The van der Waals surface area contributed by atoms with Crippen LogP contribution in [-0.4, -0.2) is 9.52 Å². The number of hydrogen-bond acceptors (Lipinski definition) is 0. The van der Waals surface area contributed by atoms with Gasteiger partial charge in [-0.1, -0.05) is 140 Å². The molecule has 4 heteroatoms. The van der Waals surface area contributed by atoms with Crippen molar-refractivity contribution in [1.29, 1.82) is 0 Å². The van der Waals surface area contributed by atoms with Crippen molar-refractivity contribution in [2.75, 3.05) is 0 Å². The number of aryl methyl sites for hydroxylation is 1. The topological polar surface area (TPSA) is 0 Å². The van der Waals surface area contributed by atoms with Crippen molar-refractivity contribution >= 4 is 48.1 Å². The molecule has 0 saturated carbocycles. The Bertz CT molecular complexity index is 1810. The van der Waals surface area contributed by atoms with Crippen LogP contribution in [0.3, 0.4) is 0 Å². The molecule has 0 nitrogen and oxygen atoms in total. The Morgan fingerprint density at radius 3 is 1.39 bits per heavy atom. The average molecular weight is 785 g/mol. The molecule has 0 bridgehead atoms. The Morgan fingerprint density at radius 1 is 0.592 bits per heavy atom. The molecule has 2 radical (unpaired) electrons. The van der Waals surface area contributed by atoms with Gasteiger partial charge in [-0.05, 0) is 52.8 Å². The van der Waals surface area contributed by atoms with Crippen LogP contribution in [0.25, 0.3) is 43.8 Å². The van der Waals surface area contributed by atoms with Crippen LogP contribution in [0.1, 0.15) is 101 Å². The van der Waals surface area contributed by atoms with E-state index in [9.17, 15) is 0 Å². The summed E-state index contributed by atoms with van der Waals surface area (Å²) in [5.74, 6) is 1.90. The number of halogens is 2. The van der Waals surface area contributed by atoms with E-state index in [-0.39, 0.29) is 0 Å². The summed E-state index contributed by atoms with van der Waals surface area (Å²) in [5, 5.41) is 5.45. The molecule has 0 fully saturated rings. The van der Waals surface area contributed by atoms with Crippen molar-refractivity contribution in [2.24, 2.45) is 0 Å². The van der Waals surface area contributed by atoms with Crippen molar-refractivity contribution in [2.45, 2.75) is 98.6 Å². The number of rotatable bonds is 8. The summed E-state index contributed by atoms with van der Waals surface area (Å²) in [6.45, 7) is 20.1. The summed E-state index contributed by atoms with van der Waals surface area (Å²) in [5.41, 5.74) is 11.0. The summed E-state index contributed by atoms with van der Waals surface area (Å²) in [6.07, 6.45) is 3.57. The van der Waals surface area contributed by atoms with Crippen molar-refractivity contribution in [3.63, 3.8) is 0 Å². The Balaban J connectivity index is 0.000000230. The van der Waals surface area contributed by atoms with E-state index in [1.165, 1.54) is 85.3 Å². The third-order valence-corrected chi connectivity index (χ3v) is 9.66. The van der Waals surface area contributed by atoms with Gasteiger partial charge >= 0.3 is 37.9 Å². The van der Waals surface area contributed by atoms with Crippen LogP contribution in [0, 0.1) is 6.92 Å². The summed E-state index contributed by atoms with van der Waals surface area (Å²) < 4.78 is 0. The summed E-state index contributed by atoms with van der Waals surface area (Å²) in [4.78, 5) is 0. The van der Waals surface area contributed by atoms with Gasteiger partial charge in [0.1, 0.15) is 0 Å². The number of fused-ring (bicyclic) bond motifs is 2. The van der Waals surface area contributed by atoms with Crippen LogP contribution in [0.5, 0.6) is 0 Å². The number of hydrogen-bond donors (Lipinski definition) is 0. The fourth-order valence-electron chi connectivity index (χ4n) is 6.12. The van der Waals surface area contributed by atoms with E-state index >= 15 is 0 Å². The second-order valence-corrected chi connectivity index (χ2v) is 17.9. The van der Waals surface area contributed by atoms with Crippen molar-refractivity contribution in [3.8, 4) is 22.3 Å². The Hall–Kier alpha value is -2.22. The molecule has 3 unspecified atom stereocenters. The third-order valence-electron chi connectivity index (χ3n) is 9.66. The zero-order valence-corrected chi connectivity index (χ0v) is 36.0. The molecule has 256 valence electrons. The second-order valence-electron chi connectivity index (χ2n) is 13.2. The summed E-state index contributed by atoms with van der Waals surface area (Å²) in [6, 6.07) is 40.8. The first-order valence-electron chi connectivity index (χ1n) is 17.8. The molecule has 49 heavy (non-hydrogen) atoms. The van der Waals surface area contributed by atoms with Gasteiger partial charge in [-0.15, -0.1) is 69.1 Å². The molecular weight excluding hydrogens is 731 g/mol. The van der Waals surface area contributed by atoms with E-state index in [1.807, 2.05) is 0 Å². The van der Waals surface area contributed by atoms with Gasteiger partial charge < -0.3 is 0 Å². The molecule has 0 aliphatic rings. The van der Waals surface area contributed by atoms with Gasteiger partial charge in [0, 0.05) is 9.52 Å². The van der Waals surface area contributed by atoms with Gasteiger partial charge in [0.25, 0.3) is 0 Å². The first-order chi connectivity index (χ1) is 23.6. The van der Waals surface area contributed by atoms with Gasteiger partial charge in [0.15, 0.2) is 0 Å². The first kappa shape index (κ1) is 41.2. The first-order valence-corrected chi connectivity index (χ1v) is 26.1. The quantitative estimate of drug-likeness (QED) is 0.107. The Morgan fingerprint density at radius 2 is 0.980 bits per heavy atom. The van der Waals surface area contributed by atoms with E-state index in [0.29, 0.717) is 17.8 Å². The molecule has 0 N–H and O–H groups in total. The van der Waals surface area contributed by atoms with Crippen LogP contribution < -0.4 is 0 Å². The fraction of sp³-hybridized carbons (Fsp3) is 0.333. The summed E-state index contributed by atoms with van der Waals surface area (Å²) >= 11 is -0.826. The molecule has 0 amide bonds. The van der Waals surface area contributed by atoms with Crippen molar-refractivity contribution in [1.82, 2.24) is 0 Å². The molecule has 6 aromatic carbocycles. The normalized spacial score (nSPS) is 12.4. The monoisotopic (exact) mass is 782 g/mol. The Labute approximate surface area is 318 Å². The maximum absolute atomic E-state index is 4.93.